The van der Waals surface area contributed by atoms with Crippen molar-refractivity contribution in [1.82, 2.24) is 20.4 Å². The molecule has 2 aromatic carbocycles. The number of hydrogen-bond donors (Lipinski definition) is 1. The summed E-state index contributed by atoms with van der Waals surface area (Å²) in [5.41, 5.74) is 2.16. The van der Waals surface area contributed by atoms with Crippen LogP contribution in [0, 0.1) is 5.82 Å². The minimum Gasteiger partial charge on any atom is -0.370 e. The van der Waals surface area contributed by atoms with E-state index in [2.05, 4.69) is 51.5 Å². The normalized spacial score (nSPS) is 16.2. The van der Waals surface area contributed by atoms with Crippen LogP contribution in [0.1, 0.15) is 22.7 Å². The molecule has 1 aliphatic heterocycles. The molecule has 4 rings (SSSR count). The van der Waals surface area contributed by atoms with Crippen LogP contribution in [0.25, 0.3) is 11.4 Å². The van der Waals surface area contributed by atoms with E-state index in [1.165, 1.54) is 17.8 Å². The fourth-order valence-electron chi connectivity index (χ4n) is 3.56. The number of amides is 1. The molecule has 1 aliphatic rings. The second kappa shape index (κ2) is 9.03. The Bertz CT molecular complexity index is 1070. The predicted molar refractivity (Wildman–Crippen MR) is 117 cm³/mol. The number of carbonyl (C=O) groups excluding carboxylic acids is 1. The predicted octanol–water partition coefficient (Wildman–Crippen LogP) is 3.60. The molecular weight excluding hydrogens is 421 g/mol. The zero-order chi connectivity index (χ0) is 22.0. The Balaban J connectivity index is 1.36. The second-order valence-electron chi connectivity index (χ2n) is 7.72. The van der Waals surface area contributed by atoms with Gasteiger partial charge in [-0.05, 0) is 63.0 Å². The first-order valence-corrected chi connectivity index (χ1v) is 10.4. The largest absolute Gasteiger partial charge is 0.370 e. The molecule has 1 unspecified atom stereocenters. The Kier molecular flexibility index (Phi) is 6.20. The highest BCUT2D eigenvalue weighted by atomic mass is 35.5. The molecule has 7 nitrogen and oxygen atoms in total. The van der Waals surface area contributed by atoms with Crippen molar-refractivity contribution in [1.29, 1.82) is 0 Å². The molecule has 31 heavy (non-hydrogen) atoms. The summed E-state index contributed by atoms with van der Waals surface area (Å²) in [7, 11) is 4.22. The van der Waals surface area contributed by atoms with Crippen molar-refractivity contribution in [3.05, 3.63) is 64.8 Å². The Morgan fingerprint density at radius 2 is 2.06 bits per heavy atom. The summed E-state index contributed by atoms with van der Waals surface area (Å²) < 4.78 is 18.7. The Hall–Kier alpha value is -2.97. The van der Waals surface area contributed by atoms with Crippen LogP contribution in [-0.2, 0) is 6.54 Å². The molecule has 0 bridgehead atoms. The number of anilines is 1. The molecule has 1 amide bonds. The van der Waals surface area contributed by atoms with Crippen molar-refractivity contribution in [2.75, 3.05) is 32.1 Å². The maximum atomic E-state index is 13.5. The number of halogens is 2. The van der Waals surface area contributed by atoms with Gasteiger partial charge in [0.05, 0.1) is 11.6 Å². The van der Waals surface area contributed by atoms with Crippen LogP contribution >= 0.6 is 11.6 Å². The molecule has 162 valence electrons. The van der Waals surface area contributed by atoms with Crippen LogP contribution in [-0.4, -0.2) is 54.2 Å². The van der Waals surface area contributed by atoms with E-state index in [-0.39, 0.29) is 23.0 Å². The van der Waals surface area contributed by atoms with Crippen LogP contribution in [0.15, 0.2) is 47.0 Å². The van der Waals surface area contributed by atoms with E-state index in [1.807, 2.05) is 12.1 Å². The standard InChI is InChI=1S/C22H23ClFN5O2/c1-28(2)17-9-10-29(13-17)16-6-3-14(4-7-16)21-26-20(31-27-21)12-25-22(30)15-5-8-18(23)19(24)11-15/h3-8,11,17H,9-10,12-13H2,1-2H3,(H,25,30). The number of carbonyl (C=O) groups is 1. The Labute approximate surface area is 184 Å². The topological polar surface area (TPSA) is 74.5 Å². The molecule has 1 N–H and O–H groups in total. The van der Waals surface area contributed by atoms with E-state index >= 15 is 0 Å². The van der Waals surface area contributed by atoms with Gasteiger partial charge in [0, 0.05) is 35.9 Å². The van der Waals surface area contributed by atoms with Crippen LogP contribution < -0.4 is 10.2 Å². The summed E-state index contributed by atoms with van der Waals surface area (Å²) in [6.07, 6.45) is 1.15. The molecule has 3 aromatic rings. The molecule has 1 atom stereocenters. The van der Waals surface area contributed by atoms with Crippen molar-refractivity contribution < 1.29 is 13.7 Å². The van der Waals surface area contributed by atoms with E-state index in [4.69, 9.17) is 16.1 Å². The summed E-state index contributed by atoms with van der Waals surface area (Å²) in [4.78, 5) is 21.1. The average molecular weight is 444 g/mol. The summed E-state index contributed by atoms with van der Waals surface area (Å²) >= 11 is 5.64. The van der Waals surface area contributed by atoms with E-state index < -0.39 is 11.7 Å². The number of benzene rings is 2. The highest BCUT2D eigenvalue weighted by molar-refractivity contribution is 6.30. The summed E-state index contributed by atoms with van der Waals surface area (Å²) in [5.74, 6) is -0.401. The lowest BCUT2D eigenvalue weighted by Gasteiger charge is -2.21. The van der Waals surface area contributed by atoms with Crippen molar-refractivity contribution in [3.63, 3.8) is 0 Å². The third kappa shape index (κ3) is 4.86. The highest BCUT2D eigenvalue weighted by Gasteiger charge is 2.24. The quantitative estimate of drug-likeness (QED) is 0.627. The summed E-state index contributed by atoms with van der Waals surface area (Å²) in [5, 5.41) is 6.58. The van der Waals surface area contributed by atoms with Gasteiger partial charge in [-0.1, -0.05) is 16.8 Å². The van der Waals surface area contributed by atoms with E-state index in [1.54, 1.807) is 0 Å². The minimum atomic E-state index is -0.649. The SMILES string of the molecule is CN(C)C1CCN(c2ccc(-c3noc(CNC(=O)c4ccc(Cl)c(F)c4)n3)cc2)C1. The van der Waals surface area contributed by atoms with Gasteiger partial charge in [-0.15, -0.1) is 0 Å². The molecule has 0 spiro atoms. The second-order valence-corrected chi connectivity index (χ2v) is 8.13. The van der Waals surface area contributed by atoms with Gasteiger partial charge < -0.3 is 19.6 Å². The van der Waals surface area contributed by atoms with Crippen LogP contribution in [0.5, 0.6) is 0 Å². The first-order valence-electron chi connectivity index (χ1n) is 9.98. The van der Waals surface area contributed by atoms with Crippen LogP contribution in [0.4, 0.5) is 10.1 Å². The minimum absolute atomic E-state index is 0.0356. The fraction of sp³-hybridized carbons (Fsp3) is 0.318. The first kappa shape index (κ1) is 21.3. The molecule has 0 aliphatic carbocycles. The van der Waals surface area contributed by atoms with Gasteiger partial charge in [0.2, 0.25) is 11.7 Å². The first-order chi connectivity index (χ1) is 14.9. The van der Waals surface area contributed by atoms with Gasteiger partial charge in [0.25, 0.3) is 5.91 Å². The number of aromatic nitrogens is 2. The third-order valence-electron chi connectivity index (χ3n) is 5.43. The average Bonchev–Trinajstić information content (AvgIpc) is 3.44. The van der Waals surface area contributed by atoms with Crippen LogP contribution in [0.2, 0.25) is 5.02 Å². The Morgan fingerprint density at radius 1 is 1.29 bits per heavy atom. The van der Waals surface area contributed by atoms with Gasteiger partial charge in [-0.2, -0.15) is 4.98 Å². The Morgan fingerprint density at radius 3 is 2.74 bits per heavy atom. The van der Waals surface area contributed by atoms with Crippen molar-refractivity contribution >= 4 is 23.2 Å². The molecule has 1 saturated heterocycles. The van der Waals surface area contributed by atoms with Gasteiger partial charge in [0.15, 0.2) is 0 Å². The molecule has 0 radical (unpaired) electrons. The van der Waals surface area contributed by atoms with Crippen molar-refractivity contribution in [3.8, 4) is 11.4 Å². The molecular formula is C22H23ClFN5O2. The number of rotatable bonds is 6. The van der Waals surface area contributed by atoms with Gasteiger partial charge in [0.1, 0.15) is 5.82 Å². The lowest BCUT2D eigenvalue weighted by atomic mass is 10.2. The highest BCUT2D eigenvalue weighted by Crippen LogP contribution is 2.25. The van der Waals surface area contributed by atoms with E-state index in [0.29, 0.717) is 11.9 Å². The van der Waals surface area contributed by atoms with Crippen molar-refractivity contribution in [2.45, 2.75) is 19.0 Å². The number of likely N-dealkylation sites (N-methyl/N-ethyl adjacent to an activating group) is 1. The van der Waals surface area contributed by atoms with Gasteiger partial charge >= 0.3 is 0 Å². The fourth-order valence-corrected chi connectivity index (χ4v) is 3.68. The lowest BCUT2D eigenvalue weighted by Crippen LogP contribution is -2.31. The molecule has 1 fully saturated rings. The smallest absolute Gasteiger partial charge is 0.251 e. The van der Waals surface area contributed by atoms with Gasteiger partial charge in [-0.25, -0.2) is 4.39 Å². The molecule has 0 saturated carbocycles. The number of hydrogen-bond acceptors (Lipinski definition) is 6. The summed E-state index contributed by atoms with van der Waals surface area (Å²) in [6.45, 7) is 2.08. The molecule has 1 aromatic heterocycles. The maximum absolute atomic E-state index is 13.5. The summed E-state index contributed by atoms with van der Waals surface area (Å²) in [6, 6.07) is 12.5. The monoisotopic (exact) mass is 443 g/mol. The number of nitrogens with zero attached hydrogens (tertiary/aromatic N) is 4. The van der Waals surface area contributed by atoms with E-state index in [9.17, 15) is 9.18 Å². The third-order valence-corrected chi connectivity index (χ3v) is 5.74. The van der Waals surface area contributed by atoms with Gasteiger partial charge in [-0.3, -0.25) is 4.79 Å². The van der Waals surface area contributed by atoms with E-state index in [0.717, 1.165) is 31.1 Å². The zero-order valence-electron chi connectivity index (χ0n) is 17.3. The lowest BCUT2D eigenvalue weighted by molar-refractivity contribution is 0.0946. The molecule has 9 heteroatoms. The van der Waals surface area contributed by atoms with Crippen LogP contribution in [0.3, 0.4) is 0 Å². The molecule has 2 heterocycles. The zero-order valence-corrected chi connectivity index (χ0v) is 18.1. The maximum Gasteiger partial charge on any atom is 0.251 e. The number of nitrogens with one attached hydrogen (secondary N) is 1. The van der Waals surface area contributed by atoms with Crippen molar-refractivity contribution in [2.24, 2.45) is 0 Å².